The Balaban J connectivity index is 1.22. The summed E-state index contributed by atoms with van der Waals surface area (Å²) >= 11 is 0. The lowest BCUT2D eigenvalue weighted by atomic mass is 9.98. The number of amides is 2. The van der Waals surface area contributed by atoms with Crippen molar-refractivity contribution < 1.29 is 14.3 Å². The SMILES string of the molecule is O=C(NCCN(C1CCOCC1)C1CCCN(C(=O)C2CC2)C1)c1ccc2ccccc2n1. The molecule has 0 spiro atoms. The molecular formula is C26H34N4O3. The van der Waals surface area contributed by atoms with Crippen molar-refractivity contribution >= 4 is 22.7 Å². The number of nitrogens with zero attached hydrogens (tertiary/aromatic N) is 3. The summed E-state index contributed by atoms with van der Waals surface area (Å²) in [5.41, 5.74) is 1.28. The first-order valence-electron chi connectivity index (χ1n) is 12.5. The van der Waals surface area contributed by atoms with Crippen LogP contribution in [0.4, 0.5) is 0 Å². The zero-order valence-corrected chi connectivity index (χ0v) is 19.2. The number of likely N-dealkylation sites (tertiary alicyclic amines) is 1. The minimum absolute atomic E-state index is 0.137. The van der Waals surface area contributed by atoms with Crippen molar-refractivity contribution in [3.63, 3.8) is 0 Å². The molecule has 2 amide bonds. The van der Waals surface area contributed by atoms with Gasteiger partial charge in [0.15, 0.2) is 0 Å². The van der Waals surface area contributed by atoms with Crippen molar-refractivity contribution in [2.45, 2.75) is 50.6 Å². The molecule has 1 aromatic carbocycles. The summed E-state index contributed by atoms with van der Waals surface area (Å²) in [6.07, 6.45) is 6.28. The number of benzene rings is 1. The van der Waals surface area contributed by atoms with E-state index in [2.05, 4.69) is 20.1 Å². The number of pyridine rings is 1. The fourth-order valence-corrected chi connectivity index (χ4v) is 5.28. The molecule has 2 aliphatic heterocycles. The van der Waals surface area contributed by atoms with Crippen LogP contribution in [0.5, 0.6) is 0 Å². The zero-order chi connectivity index (χ0) is 22.6. The van der Waals surface area contributed by atoms with Gasteiger partial charge in [-0.05, 0) is 50.7 Å². The number of aromatic nitrogens is 1. The summed E-state index contributed by atoms with van der Waals surface area (Å²) in [5, 5.41) is 4.11. The van der Waals surface area contributed by atoms with E-state index in [0.717, 1.165) is 82.3 Å². The zero-order valence-electron chi connectivity index (χ0n) is 19.2. The maximum Gasteiger partial charge on any atom is 0.269 e. The third-order valence-corrected chi connectivity index (χ3v) is 7.25. The van der Waals surface area contributed by atoms with Crippen LogP contribution >= 0.6 is 0 Å². The summed E-state index contributed by atoms with van der Waals surface area (Å²) in [7, 11) is 0. The number of hydrogen-bond donors (Lipinski definition) is 1. The molecule has 1 saturated carbocycles. The molecule has 1 aromatic heterocycles. The van der Waals surface area contributed by atoms with Crippen molar-refractivity contribution in [3.05, 3.63) is 42.1 Å². The smallest absolute Gasteiger partial charge is 0.269 e. The average Bonchev–Trinajstić information content (AvgIpc) is 3.72. The Morgan fingerprint density at radius 2 is 1.85 bits per heavy atom. The largest absolute Gasteiger partial charge is 0.381 e. The van der Waals surface area contributed by atoms with Gasteiger partial charge < -0.3 is 15.0 Å². The maximum absolute atomic E-state index is 12.8. The molecule has 7 nitrogen and oxygen atoms in total. The Hall–Kier alpha value is -2.51. The number of ether oxygens (including phenoxy) is 1. The molecule has 0 radical (unpaired) electrons. The number of hydrogen-bond acceptors (Lipinski definition) is 5. The van der Waals surface area contributed by atoms with Crippen molar-refractivity contribution in [2.24, 2.45) is 5.92 Å². The fraction of sp³-hybridized carbons (Fsp3) is 0.577. The first kappa shape index (κ1) is 22.3. The van der Waals surface area contributed by atoms with Crippen LogP contribution in [-0.2, 0) is 9.53 Å². The molecule has 5 rings (SSSR count). The summed E-state index contributed by atoms with van der Waals surface area (Å²) < 4.78 is 5.60. The highest BCUT2D eigenvalue weighted by atomic mass is 16.5. The average molecular weight is 451 g/mol. The number of carbonyl (C=O) groups is 2. The summed E-state index contributed by atoms with van der Waals surface area (Å²) in [5.74, 6) is 0.484. The van der Waals surface area contributed by atoms with Crippen molar-refractivity contribution in [2.75, 3.05) is 39.4 Å². The number of rotatable bonds is 7. The predicted octanol–water partition coefficient (Wildman–Crippen LogP) is 2.85. The Labute approximate surface area is 195 Å². The Morgan fingerprint density at radius 3 is 2.67 bits per heavy atom. The molecule has 3 fully saturated rings. The van der Waals surface area contributed by atoms with Crippen LogP contribution in [0.3, 0.4) is 0 Å². The predicted molar refractivity (Wildman–Crippen MR) is 127 cm³/mol. The lowest BCUT2D eigenvalue weighted by molar-refractivity contribution is -0.135. The monoisotopic (exact) mass is 450 g/mol. The highest BCUT2D eigenvalue weighted by molar-refractivity contribution is 5.94. The topological polar surface area (TPSA) is 74.8 Å². The second-order valence-electron chi connectivity index (χ2n) is 9.58. The number of piperidine rings is 1. The molecule has 1 atom stereocenters. The Morgan fingerprint density at radius 1 is 1.03 bits per heavy atom. The second-order valence-corrected chi connectivity index (χ2v) is 9.58. The Kier molecular flexibility index (Phi) is 6.88. The Bertz CT molecular complexity index is 986. The first-order valence-corrected chi connectivity index (χ1v) is 12.5. The molecule has 3 aliphatic rings. The number of nitrogens with one attached hydrogen (secondary N) is 1. The lowest BCUT2D eigenvalue weighted by Crippen LogP contribution is -2.55. The van der Waals surface area contributed by atoms with Gasteiger partial charge in [-0.15, -0.1) is 0 Å². The van der Waals surface area contributed by atoms with Gasteiger partial charge in [-0.1, -0.05) is 24.3 Å². The van der Waals surface area contributed by atoms with E-state index in [4.69, 9.17) is 4.74 Å². The minimum atomic E-state index is -0.137. The fourth-order valence-electron chi connectivity index (χ4n) is 5.28. The van der Waals surface area contributed by atoms with Gasteiger partial charge in [0.05, 0.1) is 5.52 Å². The van der Waals surface area contributed by atoms with Gasteiger partial charge in [0.25, 0.3) is 5.91 Å². The molecule has 7 heteroatoms. The molecule has 1 N–H and O–H groups in total. The van der Waals surface area contributed by atoms with Gasteiger partial charge in [-0.25, -0.2) is 4.98 Å². The van der Waals surface area contributed by atoms with E-state index in [1.807, 2.05) is 30.3 Å². The van der Waals surface area contributed by atoms with Crippen molar-refractivity contribution in [1.82, 2.24) is 20.1 Å². The third kappa shape index (κ3) is 5.36. The van der Waals surface area contributed by atoms with E-state index < -0.39 is 0 Å². The highest BCUT2D eigenvalue weighted by Gasteiger charge is 2.37. The summed E-state index contributed by atoms with van der Waals surface area (Å²) in [4.78, 5) is 34.6. The van der Waals surface area contributed by atoms with Crippen LogP contribution < -0.4 is 5.32 Å². The first-order chi connectivity index (χ1) is 16.2. The highest BCUT2D eigenvalue weighted by Crippen LogP contribution is 2.32. The normalized spacial score (nSPS) is 22.0. The van der Waals surface area contributed by atoms with Gasteiger partial charge in [-0.2, -0.15) is 0 Å². The van der Waals surface area contributed by atoms with E-state index >= 15 is 0 Å². The van der Waals surface area contributed by atoms with E-state index in [0.29, 0.717) is 30.2 Å². The van der Waals surface area contributed by atoms with Gasteiger partial charge in [-0.3, -0.25) is 14.5 Å². The standard InChI is InChI=1S/C26H34N4O3/c31-25(24-10-9-19-4-1-2-6-23(19)28-24)27-13-15-30(21-11-16-33-17-12-21)22-5-3-14-29(18-22)26(32)20-7-8-20/h1-2,4,6,9-10,20-22H,3,5,7-8,11-18H2,(H,27,31). The van der Waals surface area contributed by atoms with Crippen LogP contribution in [0, 0.1) is 5.92 Å². The summed E-state index contributed by atoms with van der Waals surface area (Å²) in [6, 6.07) is 12.4. The molecule has 1 aliphatic carbocycles. The molecule has 1 unspecified atom stereocenters. The van der Waals surface area contributed by atoms with Crippen LogP contribution in [0.15, 0.2) is 36.4 Å². The van der Waals surface area contributed by atoms with E-state index in [9.17, 15) is 9.59 Å². The quantitative estimate of drug-likeness (QED) is 0.702. The molecule has 2 saturated heterocycles. The maximum atomic E-state index is 12.8. The molecular weight excluding hydrogens is 416 g/mol. The van der Waals surface area contributed by atoms with Crippen LogP contribution in [0.2, 0.25) is 0 Å². The second kappa shape index (κ2) is 10.2. The van der Waals surface area contributed by atoms with Crippen LogP contribution in [-0.4, -0.2) is 78.1 Å². The number of fused-ring (bicyclic) bond motifs is 1. The van der Waals surface area contributed by atoms with Gasteiger partial charge in [0.1, 0.15) is 5.69 Å². The van der Waals surface area contributed by atoms with Crippen LogP contribution in [0.25, 0.3) is 10.9 Å². The molecule has 2 aromatic rings. The van der Waals surface area contributed by atoms with Gasteiger partial charge in [0.2, 0.25) is 5.91 Å². The number of carbonyl (C=O) groups excluding carboxylic acids is 2. The van der Waals surface area contributed by atoms with Crippen molar-refractivity contribution in [1.29, 1.82) is 0 Å². The molecule has 0 bridgehead atoms. The van der Waals surface area contributed by atoms with E-state index in [-0.39, 0.29) is 11.8 Å². The van der Waals surface area contributed by atoms with Crippen molar-refractivity contribution in [3.8, 4) is 0 Å². The third-order valence-electron chi connectivity index (χ3n) is 7.25. The van der Waals surface area contributed by atoms with Crippen LogP contribution in [0.1, 0.15) is 49.0 Å². The number of para-hydroxylation sites is 1. The molecule has 3 heterocycles. The summed E-state index contributed by atoms with van der Waals surface area (Å²) in [6.45, 7) is 4.61. The van der Waals surface area contributed by atoms with E-state index in [1.165, 1.54) is 0 Å². The van der Waals surface area contributed by atoms with Gasteiger partial charge >= 0.3 is 0 Å². The van der Waals surface area contributed by atoms with E-state index in [1.54, 1.807) is 6.07 Å². The molecule has 176 valence electrons. The van der Waals surface area contributed by atoms with Gasteiger partial charge in [0, 0.05) is 62.8 Å². The minimum Gasteiger partial charge on any atom is -0.381 e. The lowest BCUT2D eigenvalue weighted by Gasteiger charge is -2.44. The molecule has 33 heavy (non-hydrogen) atoms.